The van der Waals surface area contributed by atoms with Crippen molar-refractivity contribution in [1.82, 2.24) is 0 Å². The molecule has 23 heavy (non-hydrogen) atoms. The normalized spacial score (nSPS) is 32.5. The lowest BCUT2D eigenvalue weighted by atomic mass is 9.82. The van der Waals surface area contributed by atoms with Gasteiger partial charge in [0.2, 0.25) is 0 Å². The topological polar surface area (TPSA) is 44.8 Å². The number of ether oxygens (including phenoxy) is 3. The fourth-order valence-corrected chi connectivity index (χ4v) is 3.31. The molecule has 0 amide bonds. The minimum atomic E-state index is -4.91. The highest BCUT2D eigenvalue weighted by Gasteiger charge is 2.41. The summed E-state index contributed by atoms with van der Waals surface area (Å²) >= 11 is 0. The van der Waals surface area contributed by atoms with E-state index >= 15 is 0 Å². The molecule has 2 rings (SSSR count). The Bertz CT molecular complexity index is 370. The van der Waals surface area contributed by atoms with Gasteiger partial charge in [0.15, 0.2) is 6.29 Å². The summed E-state index contributed by atoms with van der Waals surface area (Å²) in [5.74, 6) is -1.35. The summed E-state index contributed by atoms with van der Waals surface area (Å²) in [5, 5.41) is 0. The van der Waals surface area contributed by atoms with E-state index in [1.54, 1.807) is 0 Å². The molecule has 1 aliphatic heterocycles. The van der Waals surface area contributed by atoms with E-state index in [1.807, 2.05) is 0 Å². The second kappa shape index (κ2) is 8.33. The molecule has 0 aromatic rings. The molecule has 0 aromatic heterocycles. The first kappa shape index (κ1) is 18.5. The van der Waals surface area contributed by atoms with Gasteiger partial charge < -0.3 is 14.2 Å². The zero-order valence-electron chi connectivity index (χ0n) is 13.4. The van der Waals surface area contributed by atoms with Crippen molar-refractivity contribution < 1.29 is 32.2 Å². The van der Waals surface area contributed by atoms with E-state index in [9.17, 15) is 18.0 Å². The van der Waals surface area contributed by atoms with Crippen LogP contribution in [0, 0.1) is 17.8 Å². The van der Waals surface area contributed by atoms with Crippen LogP contribution in [0.2, 0.25) is 0 Å². The fourth-order valence-electron chi connectivity index (χ4n) is 3.31. The second-order valence-corrected chi connectivity index (χ2v) is 6.57. The maximum Gasteiger partial charge on any atom is 0.490 e. The number of hydrogen-bond donors (Lipinski definition) is 0. The summed E-state index contributed by atoms with van der Waals surface area (Å²) in [5.41, 5.74) is 0. The molecular formula is C16H25F3O4. The van der Waals surface area contributed by atoms with Crippen LogP contribution in [0.15, 0.2) is 0 Å². The van der Waals surface area contributed by atoms with Crippen molar-refractivity contribution in [1.29, 1.82) is 0 Å². The van der Waals surface area contributed by atoms with E-state index in [4.69, 9.17) is 9.47 Å². The monoisotopic (exact) mass is 338 g/mol. The zero-order valence-corrected chi connectivity index (χ0v) is 13.4. The number of rotatable bonds is 5. The lowest BCUT2D eigenvalue weighted by molar-refractivity contribution is -0.230. The van der Waals surface area contributed by atoms with Gasteiger partial charge in [-0.05, 0) is 38.0 Å². The molecule has 0 N–H and O–H groups in total. The molecule has 7 heteroatoms. The Balaban J connectivity index is 1.65. The van der Waals surface area contributed by atoms with Gasteiger partial charge >= 0.3 is 12.1 Å². The van der Waals surface area contributed by atoms with Crippen molar-refractivity contribution in [2.75, 3.05) is 19.8 Å². The number of halogens is 3. The summed E-state index contributed by atoms with van der Waals surface area (Å²) in [6.45, 7) is 3.43. The van der Waals surface area contributed by atoms with Gasteiger partial charge in [-0.1, -0.05) is 13.3 Å². The Kier molecular flexibility index (Phi) is 6.71. The highest BCUT2D eigenvalue weighted by atomic mass is 19.4. The Hall–Kier alpha value is -0.820. The zero-order chi connectivity index (χ0) is 16.9. The van der Waals surface area contributed by atoms with Crippen molar-refractivity contribution in [3.05, 3.63) is 0 Å². The Morgan fingerprint density at radius 3 is 2.22 bits per heavy atom. The van der Waals surface area contributed by atoms with Gasteiger partial charge in [0.1, 0.15) is 0 Å². The molecule has 0 bridgehead atoms. The van der Waals surface area contributed by atoms with Crippen LogP contribution in [0.4, 0.5) is 13.2 Å². The summed E-state index contributed by atoms with van der Waals surface area (Å²) in [7, 11) is 0. The fraction of sp³-hybridized carbons (Fsp3) is 0.938. The summed E-state index contributed by atoms with van der Waals surface area (Å²) < 4.78 is 52.2. The van der Waals surface area contributed by atoms with Crippen LogP contribution in [-0.2, 0) is 19.0 Å². The van der Waals surface area contributed by atoms with Crippen LogP contribution in [0.25, 0.3) is 0 Å². The first-order valence-corrected chi connectivity index (χ1v) is 8.37. The number of alkyl halides is 3. The largest absolute Gasteiger partial charge is 0.490 e. The minimum Gasteiger partial charge on any atom is -0.459 e. The third-order valence-corrected chi connectivity index (χ3v) is 4.65. The third kappa shape index (κ3) is 5.64. The molecule has 1 saturated heterocycles. The summed E-state index contributed by atoms with van der Waals surface area (Å²) in [6, 6.07) is 0. The van der Waals surface area contributed by atoms with Crippen LogP contribution in [-0.4, -0.2) is 38.3 Å². The Morgan fingerprint density at radius 1 is 1.09 bits per heavy atom. The van der Waals surface area contributed by atoms with Crippen molar-refractivity contribution >= 4 is 5.97 Å². The van der Waals surface area contributed by atoms with Gasteiger partial charge in [-0.25, -0.2) is 4.79 Å². The molecule has 4 nitrogen and oxygen atoms in total. The van der Waals surface area contributed by atoms with E-state index in [1.165, 1.54) is 0 Å². The van der Waals surface area contributed by atoms with Gasteiger partial charge in [0, 0.05) is 11.8 Å². The standard InChI is InChI=1S/C16H25F3O4/c1-2-3-12-9-21-14(22-10-12)13-6-4-11(5-7-13)8-23-15(20)16(17,18)19/h11-14H,2-10H2,1H3. The van der Waals surface area contributed by atoms with Crippen LogP contribution >= 0.6 is 0 Å². The third-order valence-electron chi connectivity index (χ3n) is 4.65. The number of esters is 1. The SMILES string of the molecule is CCCC1COC(C2CCC(COC(=O)C(F)(F)F)CC2)OC1. The first-order chi connectivity index (χ1) is 10.9. The molecule has 0 aromatic carbocycles. The van der Waals surface area contributed by atoms with Gasteiger partial charge in [-0.15, -0.1) is 0 Å². The van der Waals surface area contributed by atoms with Gasteiger partial charge in [0.25, 0.3) is 0 Å². The van der Waals surface area contributed by atoms with E-state index in [0.29, 0.717) is 5.92 Å². The summed E-state index contributed by atoms with van der Waals surface area (Å²) in [6.07, 6.45) is 0.245. The van der Waals surface area contributed by atoms with E-state index in [-0.39, 0.29) is 24.7 Å². The Morgan fingerprint density at radius 2 is 1.70 bits per heavy atom. The molecule has 0 spiro atoms. The van der Waals surface area contributed by atoms with E-state index in [2.05, 4.69) is 11.7 Å². The van der Waals surface area contributed by atoms with Crippen LogP contribution < -0.4 is 0 Å². The highest BCUT2D eigenvalue weighted by molar-refractivity contribution is 5.75. The molecule has 1 aliphatic carbocycles. The van der Waals surface area contributed by atoms with Gasteiger partial charge in [0.05, 0.1) is 19.8 Å². The number of carbonyl (C=O) groups is 1. The predicted molar refractivity (Wildman–Crippen MR) is 76.6 cm³/mol. The maximum absolute atomic E-state index is 12.1. The molecule has 2 aliphatic rings. The van der Waals surface area contributed by atoms with Crippen molar-refractivity contribution in [2.45, 2.75) is 57.9 Å². The summed E-state index contributed by atoms with van der Waals surface area (Å²) in [4.78, 5) is 10.7. The quantitative estimate of drug-likeness (QED) is 0.717. The molecule has 1 heterocycles. The smallest absolute Gasteiger partial charge is 0.459 e. The van der Waals surface area contributed by atoms with Crippen LogP contribution in [0.3, 0.4) is 0 Å². The molecule has 1 saturated carbocycles. The molecule has 0 radical (unpaired) electrons. The van der Waals surface area contributed by atoms with Gasteiger partial charge in [-0.3, -0.25) is 0 Å². The van der Waals surface area contributed by atoms with Crippen LogP contribution in [0.1, 0.15) is 45.4 Å². The van der Waals surface area contributed by atoms with Gasteiger partial charge in [-0.2, -0.15) is 13.2 Å². The second-order valence-electron chi connectivity index (χ2n) is 6.57. The molecule has 0 atom stereocenters. The molecule has 0 unspecified atom stereocenters. The van der Waals surface area contributed by atoms with Crippen molar-refractivity contribution in [3.8, 4) is 0 Å². The van der Waals surface area contributed by atoms with Crippen molar-refractivity contribution in [2.24, 2.45) is 17.8 Å². The molecule has 134 valence electrons. The average molecular weight is 338 g/mol. The lowest BCUT2D eigenvalue weighted by Gasteiger charge is -2.37. The van der Waals surface area contributed by atoms with E-state index in [0.717, 1.165) is 51.7 Å². The number of carbonyl (C=O) groups excluding carboxylic acids is 1. The minimum absolute atomic E-state index is 0.00557. The lowest BCUT2D eigenvalue weighted by Crippen LogP contribution is -2.39. The molecular weight excluding hydrogens is 313 g/mol. The first-order valence-electron chi connectivity index (χ1n) is 8.37. The predicted octanol–water partition coefficient (Wildman–Crippen LogP) is 3.69. The number of hydrogen-bond acceptors (Lipinski definition) is 4. The highest BCUT2D eigenvalue weighted by Crippen LogP contribution is 2.34. The van der Waals surface area contributed by atoms with Crippen LogP contribution in [0.5, 0.6) is 0 Å². The van der Waals surface area contributed by atoms with E-state index < -0.39 is 12.1 Å². The Labute approximate surface area is 134 Å². The maximum atomic E-state index is 12.1. The van der Waals surface area contributed by atoms with Crippen molar-refractivity contribution in [3.63, 3.8) is 0 Å². The average Bonchev–Trinajstić information content (AvgIpc) is 2.53. The molecule has 2 fully saturated rings.